The van der Waals surface area contributed by atoms with Crippen LogP contribution in [0, 0.1) is 0 Å². The average Bonchev–Trinajstić information content (AvgIpc) is 3.22. The van der Waals surface area contributed by atoms with E-state index in [1.807, 2.05) is 30.6 Å². The van der Waals surface area contributed by atoms with Gasteiger partial charge >= 0.3 is 25.0 Å². The third-order valence-corrected chi connectivity index (χ3v) is 4.27. The second-order valence-electron chi connectivity index (χ2n) is 7.55. The summed E-state index contributed by atoms with van der Waals surface area (Å²) in [7, 11) is 0. The van der Waals surface area contributed by atoms with E-state index in [4.69, 9.17) is 4.74 Å². The monoisotopic (exact) mass is 354 g/mol. The number of carboxylic acids is 1. The topological polar surface area (TPSA) is 98.7 Å². The fourth-order valence-corrected chi connectivity index (χ4v) is 3.03. The molecule has 1 aliphatic carbocycles. The summed E-state index contributed by atoms with van der Waals surface area (Å²) < 4.78 is 5.56. The first-order chi connectivity index (χ1) is 11.7. The van der Waals surface area contributed by atoms with Crippen molar-refractivity contribution in [1.82, 2.24) is 14.9 Å². The predicted molar refractivity (Wildman–Crippen MR) is 88.1 cm³/mol. The van der Waals surface area contributed by atoms with Crippen LogP contribution in [0.25, 0.3) is 0 Å². The van der Waals surface area contributed by atoms with Crippen LogP contribution in [-0.2, 0) is 4.74 Å². The minimum absolute atomic E-state index is 0. The third-order valence-electron chi connectivity index (χ3n) is 4.27. The largest absolute Gasteiger partial charge is 1.00 e. The van der Waals surface area contributed by atoms with Gasteiger partial charge in [-0.2, -0.15) is 0 Å². The van der Waals surface area contributed by atoms with Crippen molar-refractivity contribution in [2.24, 2.45) is 0 Å². The van der Waals surface area contributed by atoms with Gasteiger partial charge in [0, 0.05) is 19.1 Å². The molecule has 0 aromatic carbocycles. The summed E-state index contributed by atoms with van der Waals surface area (Å²) in [6, 6.07) is 0.316. The molecule has 2 fully saturated rings. The summed E-state index contributed by atoms with van der Waals surface area (Å²) in [5.74, 6) is -0.740. The SMILES string of the molecule is CC(C)(C)OC(=O)N(C1CC1)C1CCN(c2cnc(C(=O)[O-])cn2)C1.[Li+]. The van der Waals surface area contributed by atoms with Crippen LogP contribution in [0.3, 0.4) is 0 Å². The summed E-state index contributed by atoms with van der Waals surface area (Å²) in [5.41, 5.74) is -0.706. The van der Waals surface area contributed by atoms with Crippen LogP contribution in [0.2, 0.25) is 0 Å². The number of ether oxygens (including phenoxy) is 1. The van der Waals surface area contributed by atoms with E-state index in [2.05, 4.69) is 9.97 Å². The molecule has 1 aromatic rings. The Labute approximate surface area is 165 Å². The Hall–Kier alpha value is -1.78. The van der Waals surface area contributed by atoms with E-state index in [1.165, 1.54) is 12.4 Å². The predicted octanol–water partition coefficient (Wildman–Crippen LogP) is -2.18. The molecule has 8 nitrogen and oxygen atoms in total. The number of amides is 1. The van der Waals surface area contributed by atoms with Crippen molar-refractivity contribution in [1.29, 1.82) is 0 Å². The molecule has 0 N–H and O–H groups in total. The van der Waals surface area contributed by atoms with Gasteiger partial charge in [-0.25, -0.2) is 14.8 Å². The second-order valence-corrected chi connectivity index (χ2v) is 7.55. The van der Waals surface area contributed by atoms with Crippen molar-refractivity contribution in [3.8, 4) is 0 Å². The van der Waals surface area contributed by atoms with Gasteiger partial charge in [0.2, 0.25) is 0 Å². The Kier molecular flexibility index (Phi) is 6.20. The van der Waals surface area contributed by atoms with Crippen molar-refractivity contribution >= 4 is 17.9 Å². The van der Waals surface area contributed by atoms with Gasteiger partial charge in [0.1, 0.15) is 17.1 Å². The molecule has 1 aromatic heterocycles. The van der Waals surface area contributed by atoms with E-state index >= 15 is 0 Å². The molecule has 1 saturated heterocycles. The second kappa shape index (κ2) is 7.85. The molecule has 1 saturated carbocycles. The molecule has 1 unspecified atom stereocenters. The van der Waals surface area contributed by atoms with Crippen molar-refractivity contribution in [3.05, 3.63) is 18.1 Å². The Bertz CT molecular complexity index is 658. The molecule has 1 atom stereocenters. The van der Waals surface area contributed by atoms with Gasteiger partial charge in [-0.15, -0.1) is 0 Å². The van der Waals surface area contributed by atoms with Gasteiger partial charge in [-0.1, -0.05) is 0 Å². The molecule has 1 aliphatic heterocycles. The summed E-state index contributed by atoms with van der Waals surface area (Å²) in [6.45, 7) is 6.97. The number of hydrogen-bond donors (Lipinski definition) is 0. The minimum Gasteiger partial charge on any atom is -0.543 e. The first-order valence-corrected chi connectivity index (χ1v) is 8.54. The van der Waals surface area contributed by atoms with Gasteiger partial charge in [0.25, 0.3) is 0 Å². The minimum atomic E-state index is -1.34. The van der Waals surface area contributed by atoms with Gasteiger partial charge < -0.3 is 24.4 Å². The van der Waals surface area contributed by atoms with Crippen LogP contribution in [0.5, 0.6) is 0 Å². The van der Waals surface area contributed by atoms with Crippen LogP contribution in [0.4, 0.5) is 10.6 Å². The van der Waals surface area contributed by atoms with E-state index in [1.54, 1.807) is 0 Å². The van der Waals surface area contributed by atoms with Gasteiger partial charge in [0.05, 0.1) is 24.4 Å². The number of rotatable bonds is 4. The van der Waals surface area contributed by atoms with Crippen LogP contribution < -0.4 is 28.9 Å². The van der Waals surface area contributed by atoms with Crippen LogP contribution in [0.1, 0.15) is 50.5 Å². The molecular formula is C17H23LiN4O4. The third kappa shape index (κ3) is 4.89. The van der Waals surface area contributed by atoms with Crippen LogP contribution in [0.15, 0.2) is 12.4 Å². The van der Waals surface area contributed by atoms with E-state index < -0.39 is 11.6 Å². The van der Waals surface area contributed by atoms with E-state index in [-0.39, 0.29) is 42.7 Å². The zero-order valence-corrected chi connectivity index (χ0v) is 15.8. The number of aromatic carboxylic acids is 1. The molecule has 0 bridgehead atoms. The quantitative estimate of drug-likeness (QED) is 0.567. The van der Waals surface area contributed by atoms with Gasteiger partial charge in [0.15, 0.2) is 0 Å². The number of aromatic nitrogens is 2. The Morgan fingerprint density at radius 2 is 1.88 bits per heavy atom. The van der Waals surface area contributed by atoms with E-state index in [0.717, 1.165) is 25.8 Å². The number of carbonyl (C=O) groups is 2. The van der Waals surface area contributed by atoms with Crippen molar-refractivity contribution in [3.63, 3.8) is 0 Å². The van der Waals surface area contributed by atoms with Gasteiger partial charge in [-0.3, -0.25) is 0 Å². The number of carbonyl (C=O) groups excluding carboxylic acids is 2. The van der Waals surface area contributed by atoms with E-state index in [9.17, 15) is 14.7 Å². The molecule has 1 amide bonds. The molecule has 136 valence electrons. The normalized spacial score (nSPS) is 19.7. The maximum atomic E-state index is 12.6. The standard InChI is InChI=1S/C17H24N4O4.Li/c1-17(2,3)25-16(24)21(11-4-5-11)12-6-7-20(10-12)14-9-18-13(8-19-14)15(22)23;/h8-9,11-12H,4-7,10H2,1-3H3,(H,22,23);/q;+1/p-1. The van der Waals surface area contributed by atoms with Crippen LogP contribution >= 0.6 is 0 Å². The van der Waals surface area contributed by atoms with Crippen molar-refractivity contribution in [2.75, 3.05) is 18.0 Å². The average molecular weight is 354 g/mol. The summed E-state index contributed by atoms with van der Waals surface area (Å²) in [5, 5.41) is 10.8. The number of nitrogens with zero attached hydrogens (tertiary/aromatic N) is 4. The van der Waals surface area contributed by atoms with E-state index in [0.29, 0.717) is 12.4 Å². The Morgan fingerprint density at radius 3 is 2.38 bits per heavy atom. The number of carboxylic acid groups (broad SMARTS) is 1. The molecule has 0 radical (unpaired) electrons. The van der Waals surface area contributed by atoms with Crippen molar-refractivity contribution < 1.29 is 38.3 Å². The maximum Gasteiger partial charge on any atom is 1.00 e. The maximum absolute atomic E-state index is 12.6. The Morgan fingerprint density at radius 1 is 1.19 bits per heavy atom. The number of hydrogen-bond acceptors (Lipinski definition) is 7. The first kappa shape index (κ1) is 20.5. The zero-order chi connectivity index (χ0) is 18.2. The zero-order valence-electron chi connectivity index (χ0n) is 15.8. The molecule has 26 heavy (non-hydrogen) atoms. The van der Waals surface area contributed by atoms with Gasteiger partial charge in [-0.05, 0) is 40.0 Å². The Balaban J connectivity index is 0.00000243. The number of anilines is 1. The molecular weight excluding hydrogens is 331 g/mol. The fraction of sp³-hybridized carbons (Fsp3) is 0.647. The summed E-state index contributed by atoms with van der Waals surface area (Å²) >= 11 is 0. The molecule has 3 rings (SSSR count). The summed E-state index contributed by atoms with van der Waals surface area (Å²) in [4.78, 5) is 35.2. The molecule has 2 aliphatic rings. The van der Waals surface area contributed by atoms with Crippen molar-refractivity contribution in [2.45, 2.75) is 57.7 Å². The first-order valence-electron chi connectivity index (χ1n) is 8.54. The summed E-state index contributed by atoms with van der Waals surface area (Å²) in [6.07, 6.45) is 5.21. The van der Waals surface area contributed by atoms with Crippen LogP contribution in [-0.4, -0.2) is 57.7 Å². The molecule has 9 heteroatoms. The molecule has 0 spiro atoms. The fourth-order valence-electron chi connectivity index (χ4n) is 3.03. The smallest absolute Gasteiger partial charge is 0.543 e. The molecule has 2 heterocycles.